The number of nitrogens with zero attached hydrogens (tertiary/aromatic N) is 1. The first-order valence-corrected chi connectivity index (χ1v) is 10.6. The number of furan rings is 1. The highest BCUT2D eigenvalue weighted by Crippen LogP contribution is 2.41. The van der Waals surface area contributed by atoms with Crippen LogP contribution >= 0.6 is 11.6 Å². The zero-order valence-electron chi connectivity index (χ0n) is 17.4. The molecule has 1 aliphatic rings. The summed E-state index contributed by atoms with van der Waals surface area (Å²) < 4.78 is 18.7. The number of fused-ring (bicyclic) bond motifs is 1. The summed E-state index contributed by atoms with van der Waals surface area (Å²) in [6, 6.07) is 16.8. The summed E-state index contributed by atoms with van der Waals surface area (Å²) in [4.78, 5) is 13.3. The van der Waals surface area contributed by atoms with Crippen LogP contribution < -0.4 is 10.3 Å². The zero-order chi connectivity index (χ0) is 21.6. The van der Waals surface area contributed by atoms with Crippen LogP contribution in [0.1, 0.15) is 18.9 Å². The van der Waals surface area contributed by atoms with Gasteiger partial charge < -0.3 is 13.9 Å². The standard InChI is InChI=1S/C25H22ClNO4/c1-3-25(14-30-15-25)20-9-8-18(12-23(20)29-2)27-11-10-21-19(24(27)28)13-22(31-21)16-4-6-17(26)7-5-16/h4-13H,3,14-15H2,1-2H3. The van der Waals surface area contributed by atoms with E-state index in [1.54, 1.807) is 36.1 Å². The van der Waals surface area contributed by atoms with Gasteiger partial charge in [-0.1, -0.05) is 24.6 Å². The largest absolute Gasteiger partial charge is 0.496 e. The van der Waals surface area contributed by atoms with Gasteiger partial charge in [-0.2, -0.15) is 0 Å². The van der Waals surface area contributed by atoms with Gasteiger partial charge in [-0.25, -0.2) is 0 Å². The summed E-state index contributed by atoms with van der Waals surface area (Å²) >= 11 is 5.98. The van der Waals surface area contributed by atoms with Gasteiger partial charge in [-0.3, -0.25) is 9.36 Å². The molecular weight excluding hydrogens is 414 g/mol. The molecule has 0 amide bonds. The van der Waals surface area contributed by atoms with Crippen molar-refractivity contribution in [1.82, 2.24) is 4.57 Å². The lowest BCUT2D eigenvalue weighted by Gasteiger charge is -2.42. The van der Waals surface area contributed by atoms with E-state index in [2.05, 4.69) is 6.92 Å². The Labute approximate surface area is 184 Å². The summed E-state index contributed by atoms with van der Waals surface area (Å²) in [6.07, 6.45) is 2.70. The molecule has 0 aliphatic carbocycles. The zero-order valence-corrected chi connectivity index (χ0v) is 18.1. The third kappa shape index (κ3) is 3.25. The van der Waals surface area contributed by atoms with Gasteiger partial charge in [0, 0.05) is 33.8 Å². The third-order valence-electron chi connectivity index (χ3n) is 6.18. The van der Waals surface area contributed by atoms with E-state index in [0.717, 1.165) is 29.0 Å². The monoisotopic (exact) mass is 435 g/mol. The van der Waals surface area contributed by atoms with Crippen molar-refractivity contribution in [2.45, 2.75) is 18.8 Å². The van der Waals surface area contributed by atoms with Crippen LogP contribution in [0.15, 0.2) is 70.0 Å². The van der Waals surface area contributed by atoms with Gasteiger partial charge in [-0.15, -0.1) is 0 Å². The van der Waals surface area contributed by atoms with Gasteiger partial charge in [0.1, 0.15) is 17.1 Å². The highest BCUT2D eigenvalue weighted by Gasteiger charge is 2.40. The number of aromatic nitrogens is 1. The maximum Gasteiger partial charge on any atom is 0.266 e. The van der Waals surface area contributed by atoms with Crippen LogP contribution in [0.2, 0.25) is 5.02 Å². The molecule has 0 N–H and O–H groups in total. The summed E-state index contributed by atoms with van der Waals surface area (Å²) in [5.74, 6) is 1.40. The third-order valence-corrected chi connectivity index (χ3v) is 6.43. The fourth-order valence-electron chi connectivity index (χ4n) is 4.16. The number of ether oxygens (including phenoxy) is 2. The van der Waals surface area contributed by atoms with Crippen molar-refractivity contribution in [2.75, 3.05) is 20.3 Å². The van der Waals surface area contributed by atoms with E-state index in [-0.39, 0.29) is 11.0 Å². The molecule has 0 saturated carbocycles. The Hall–Kier alpha value is -3.02. The van der Waals surface area contributed by atoms with E-state index in [9.17, 15) is 4.79 Å². The van der Waals surface area contributed by atoms with Crippen molar-refractivity contribution in [1.29, 1.82) is 0 Å². The van der Waals surface area contributed by atoms with E-state index in [1.807, 2.05) is 36.4 Å². The molecule has 5 rings (SSSR count). The van der Waals surface area contributed by atoms with Crippen LogP contribution in [0.5, 0.6) is 5.75 Å². The van der Waals surface area contributed by atoms with Crippen LogP contribution in [-0.2, 0) is 10.2 Å². The average molecular weight is 436 g/mol. The second-order valence-corrected chi connectivity index (χ2v) is 8.33. The first-order valence-electron chi connectivity index (χ1n) is 10.2. The van der Waals surface area contributed by atoms with Crippen molar-refractivity contribution >= 4 is 22.6 Å². The molecular formula is C25H22ClNO4. The first-order chi connectivity index (χ1) is 15.0. The number of halogens is 1. The fourth-order valence-corrected chi connectivity index (χ4v) is 4.29. The molecule has 1 fully saturated rings. The van der Waals surface area contributed by atoms with E-state index < -0.39 is 0 Å². The Morgan fingerprint density at radius 3 is 2.52 bits per heavy atom. The molecule has 0 unspecified atom stereocenters. The molecule has 4 aromatic rings. The molecule has 5 nitrogen and oxygen atoms in total. The normalized spacial score (nSPS) is 15.1. The number of methoxy groups -OCH3 is 1. The second kappa shape index (κ2) is 7.59. The van der Waals surface area contributed by atoms with Crippen molar-refractivity contribution < 1.29 is 13.9 Å². The smallest absolute Gasteiger partial charge is 0.266 e. The predicted molar refractivity (Wildman–Crippen MR) is 122 cm³/mol. The molecule has 3 heterocycles. The van der Waals surface area contributed by atoms with Gasteiger partial charge in [0.15, 0.2) is 0 Å². The Morgan fingerprint density at radius 1 is 1.10 bits per heavy atom. The minimum Gasteiger partial charge on any atom is -0.496 e. The van der Waals surface area contributed by atoms with Crippen LogP contribution in [-0.4, -0.2) is 24.9 Å². The first kappa shape index (κ1) is 19.9. The molecule has 1 aliphatic heterocycles. The Bertz CT molecular complexity index is 1310. The maximum atomic E-state index is 13.3. The lowest BCUT2D eigenvalue weighted by molar-refractivity contribution is -0.0629. The highest BCUT2D eigenvalue weighted by atomic mass is 35.5. The minimum atomic E-state index is -0.145. The van der Waals surface area contributed by atoms with Crippen molar-refractivity contribution in [2.24, 2.45) is 0 Å². The van der Waals surface area contributed by atoms with Crippen LogP contribution in [0.4, 0.5) is 0 Å². The SMILES string of the molecule is CCC1(c2ccc(-n3ccc4oc(-c5ccc(Cl)cc5)cc4c3=O)cc2OC)COC1. The number of hydrogen-bond acceptors (Lipinski definition) is 4. The lowest BCUT2D eigenvalue weighted by Crippen LogP contribution is -2.46. The van der Waals surface area contributed by atoms with E-state index >= 15 is 0 Å². The van der Waals surface area contributed by atoms with Crippen molar-refractivity contribution in [3.8, 4) is 22.8 Å². The highest BCUT2D eigenvalue weighted by molar-refractivity contribution is 6.30. The van der Waals surface area contributed by atoms with Crippen LogP contribution in [0, 0.1) is 0 Å². The van der Waals surface area contributed by atoms with E-state index in [4.69, 9.17) is 25.5 Å². The Balaban J connectivity index is 1.58. The summed E-state index contributed by atoms with van der Waals surface area (Å²) in [5.41, 5.74) is 3.12. The van der Waals surface area contributed by atoms with Gasteiger partial charge >= 0.3 is 0 Å². The van der Waals surface area contributed by atoms with E-state index in [1.165, 1.54) is 0 Å². The Morgan fingerprint density at radius 2 is 1.87 bits per heavy atom. The predicted octanol–water partition coefficient (Wildman–Crippen LogP) is 5.59. The number of benzene rings is 2. The van der Waals surface area contributed by atoms with Crippen molar-refractivity contribution in [3.05, 3.63) is 81.7 Å². The molecule has 2 aromatic heterocycles. The maximum absolute atomic E-state index is 13.3. The van der Waals surface area contributed by atoms with E-state index in [0.29, 0.717) is 35.0 Å². The molecule has 0 radical (unpaired) electrons. The average Bonchev–Trinajstić information content (AvgIpc) is 3.20. The second-order valence-electron chi connectivity index (χ2n) is 7.90. The van der Waals surface area contributed by atoms with Gasteiger partial charge in [-0.05, 0) is 48.9 Å². The van der Waals surface area contributed by atoms with Gasteiger partial charge in [0.25, 0.3) is 5.56 Å². The van der Waals surface area contributed by atoms with Crippen molar-refractivity contribution in [3.63, 3.8) is 0 Å². The topological polar surface area (TPSA) is 53.6 Å². The lowest BCUT2D eigenvalue weighted by atomic mass is 9.76. The molecule has 0 atom stereocenters. The Kier molecular flexibility index (Phi) is 4.88. The number of hydrogen-bond donors (Lipinski definition) is 0. The van der Waals surface area contributed by atoms with Crippen LogP contribution in [0.3, 0.4) is 0 Å². The number of rotatable bonds is 5. The minimum absolute atomic E-state index is 0.0170. The molecule has 0 bridgehead atoms. The molecule has 2 aromatic carbocycles. The molecule has 158 valence electrons. The molecule has 31 heavy (non-hydrogen) atoms. The van der Waals surface area contributed by atoms with Gasteiger partial charge in [0.2, 0.25) is 0 Å². The summed E-state index contributed by atoms with van der Waals surface area (Å²) in [7, 11) is 1.66. The summed E-state index contributed by atoms with van der Waals surface area (Å²) in [6.45, 7) is 3.53. The van der Waals surface area contributed by atoms with Crippen LogP contribution in [0.25, 0.3) is 28.0 Å². The quantitative estimate of drug-likeness (QED) is 0.410. The molecule has 1 saturated heterocycles. The van der Waals surface area contributed by atoms with Gasteiger partial charge in [0.05, 0.1) is 31.4 Å². The fraction of sp³-hybridized carbons (Fsp3) is 0.240. The summed E-state index contributed by atoms with van der Waals surface area (Å²) in [5, 5.41) is 1.17. The number of pyridine rings is 1. The molecule has 0 spiro atoms. The molecule has 6 heteroatoms.